The Kier molecular flexibility index (Phi) is 5.82. The highest BCUT2D eigenvalue weighted by Crippen LogP contribution is 2.39. The van der Waals surface area contributed by atoms with Crippen LogP contribution < -0.4 is 9.47 Å². The second-order valence-corrected chi connectivity index (χ2v) is 10.8. The van der Waals surface area contributed by atoms with E-state index in [0.717, 1.165) is 36.4 Å². The molecule has 1 atom stereocenters. The van der Waals surface area contributed by atoms with Crippen LogP contribution in [-0.2, 0) is 14.8 Å². The summed E-state index contributed by atoms with van der Waals surface area (Å²) in [6, 6.07) is 5.94. The Balaban J connectivity index is 1.27. The van der Waals surface area contributed by atoms with Crippen molar-refractivity contribution in [3.63, 3.8) is 0 Å². The third-order valence-corrected chi connectivity index (χ3v) is 9.00. The third-order valence-electron chi connectivity index (χ3n) is 6.86. The van der Waals surface area contributed by atoms with Crippen molar-refractivity contribution < 1.29 is 27.2 Å². The van der Waals surface area contributed by atoms with Crippen molar-refractivity contribution in [2.45, 2.75) is 50.5 Å². The molecule has 5 rings (SSSR count). The molecule has 0 aliphatic carbocycles. The number of ether oxygens (including phenoxy) is 2. The van der Waals surface area contributed by atoms with Crippen molar-refractivity contribution in [1.82, 2.24) is 14.4 Å². The van der Waals surface area contributed by atoms with Gasteiger partial charge in [0.05, 0.1) is 6.04 Å². The molecule has 0 spiro atoms. The quantitative estimate of drug-likeness (QED) is 0.670. The molecule has 10 heteroatoms. The molecule has 0 saturated carbocycles. The van der Waals surface area contributed by atoms with E-state index in [1.807, 2.05) is 23.1 Å². The van der Waals surface area contributed by atoms with Crippen LogP contribution in [0.15, 0.2) is 27.6 Å². The predicted molar refractivity (Wildman–Crippen MR) is 119 cm³/mol. The minimum Gasteiger partial charge on any atom is -0.486 e. The summed E-state index contributed by atoms with van der Waals surface area (Å²) in [5.41, 5.74) is 1.42. The maximum absolute atomic E-state index is 13.4. The van der Waals surface area contributed by atoms with Crippen LogP contribution in [0.1, 0.15) is 48.7 Å². The highest BCUT2D eigenvalue weighted by atomic mass is 32.2. The van der Waals surface area contributed by atoms with Gasteiger partial charge in [0, 0.05) is 25.6 Å². The van der Waals surface area contributed by atoms with E-state index in [2.05, 4.69) is 5.16 Å². The summed E-state index contributed by atoms with van der Waals surface area (Å²) in [6.07, 6.45) is 2.87. The molecule has 0 N–H and O–H groups in total. The monoisotopic (exact) mass is 475 g/mol. The Bertz CT molecular complexity index is 1130. The topological polar surface area (TPSA) is 102 Å². The largest absolute Gasteiger partial charge is 0.486 e. The predicted octanol–water partition coefficient (Wildman–Crippen LogP) is 2.83. The van der Waals surface area contributed by atoms with Crippen molar-refractivity contribution in [1.29, 1.82) is 0 Å². The molecule has 1 aromatic carbocycles. The number of rotatable bonds is 4. The number of likely N-dealkylation sites (tertiary alicyclic amines) is 1. The van der Waals surface area contributed by atoms with Gasteiger partial charge in [-0.15, -0.1) is 0 Å². The Labute approximate surface area is 193 Å². The van der Waals surface area contributed by atoms with Gasteiger partial charge in [0.25, 0.3) is 0 Å². The van der Waals surface area contributed by atoms with Gasteiger partial charge in [-0.25, -0.2) is 8.42 Å². The van der Waals surface area contributed by atoms with Gasteiger partial charge in [-0.3, -0.25) is 4.79 Å². The molecule has 1 amide bonds. The maximum Gasteiger partial charge on any atom is 0.248 e. The number of aryl methyl sites for hydroxylation is 2. The van der Waals surface area contributed by atoms with E-state index in [0.29, 0.717) is 50.6 Å². The summed E-state index contributed by atoms with van der Waals surface area (Å²) in [5, 5.41) is 3.78. The van der Waals surface area contributed by atoms with Gasteiger partial charge in [0.2, 0.25) is 15.9 Å². The third kappa shape index (κ3) is 3.99. The summed E-state index contributed by atoms with van der Waals surface area (Å²) >= 11 is 0. The zero-order valence-electron chi connectivity index (χ0n) is 19.0. The average Bonchev–Trinajstić information content (AvgIpc) is 3.45. The molecule has 2 fully saturated rings. The molecule has 3 aliphatic heterocycles. The smallest absolute Gasteiger partial charge is 0.248 e. The minimum absolute atomic E-state index is 0.0115. The lowest BCUT2D eigenvalue weighted by Crippen LogP contribution is -2.44. The van der Waals surface area contributed by atoms with Crippen molar-refractivity contribution in [3.05, 3.63) is 35.2 Å². The van der Waals surface area contributed by atoms with Crippen LogP contribution in [0, 0.1) is 19.8 Å². The van der Waals surface area contributed by atoms with Gasteiger partial charge in [-0.1, -0.05) is 11.2 Å². The number of aromatic nitrogens is 1. The van der Waals surface area contributed by atoms with Crippen LogP contribution in [0.2, 0.25) is 0 Å². The molecule has 0 bridgehead atoms. The van der Waals surface area contributed by atoms with Gasteiger partial charge < -0.3 is 18.9 Å². The molecule has 3 aliphatic rings. The number of fused-ring (bicyclic) bond motifs is 1. The van der Waals surface area contributed by atoms with Crippen LogP contribution in [0.4, 0.5) is 0 Å². The molecule has 178 valence electrons. The molecule has 0 unspecified atom stereocenters. The van der Waals surface area contributed by atoms with Crippen LogP contribution in [0.3, 0.4) is 0 Å². The van der Waals surface area contributed by atoms with Gasteiger partial charge in [0.15, 0.2) is 17.3 Å². The lowest BCUT2D eigenvalue weighted by atomic mass is 9.95. The molecule has 1 aromatic heterocycles. The van der Waals surface area contributed by atoms with Crippen molar-refractivity contribution in [2.24, 2.45) is 5.92 Å². The van der Waals surface area contributed by atoms with E-state index >= 15 is 0 Å². The fraction of sp³-hybridized carbons (Fsp3) is 0.565. The number of piperidine rings is 1. The SMILES string of the molecule is Cc1noc(C)c1S(=O)(=O)N1CCC(C(=O)N2CCC[C@@H]2c2ccc3c(c2)OCCO3)CC1. The number of amides is 1. The summed E-state index contributed by atoms with van der Waals surface area (Å²) in [6.45, 7) is 5.65. The number of carbonyl (C=O) groups excluding carboxylic acids is 1. The summed E-state index contributed by atoms with van der Waals surface area (Å²) in [5.74, 6) is 1.70. The van der Waals surface area contributed by atoms with Gasteiger partial charge in [-0.05, 0) is 57.2 Å². The maximum atomic E-state index is 13.4. The van der Waals surface area contributed by atoms with Crippen molar-refractivity contribution in [3.8, 4) is 11.5 Å². The Morgan fingerprint density at radius 1 is 1.03 bits per heavy atom. The first-order valence-corrected chi connectivity index (χ1v) is 12.9. The van der Waals surface area contributed by atoms with Crippen LogP contribution >= 0.6 is 0 Å². The van der Waals surface area contributed by atoms with Crippen molar-refractivity contribution in [2.75, 3.05) is 32.8 Å². The summed E-state index contributed by atoms with van der Waals surface area (Å²) in [7, 11) is -3.68. The summed E-state index contributed by atoms with van der Waals surface area (Å²) in [4.78, 5) is 15.6. The molecule has 9 nitrogen and oxygen atoms in total. The Hall–Kier alpha value is -2.59. The van der Waals surface area contributed by atoms with Gasteiger partial charge in [0.1, 0.15) is 23.8 Å². The molecule has 33 heavy (non-hydrogen) atoms. The van der Waals surface area contributed by atoms with Crippen molar-refractivity contribution >= 4 is 15.9 Å². The molecule has 0 radical (unpaired) electrons. The van der Waals surface area contributed by atoms with E-state index in [9.17, 15) is 13.2 Å². The highest BCUT2D eigenvalue weighted by molar-refractivity contribution is 7.89. The Morgan fingerprint density at radius 3 is 2.45 bits per heavy atom. The van der Waals surface area contributed by atoms with E-state index in [1.165, 1.54) is 4.31 Å². The second-order valence-electron chi connectivity index (χ2n) is 8.92. The van der Waals surface area contributed by atoms with E-state index in [4.69, 9.17) is 14.0 Å². The number of hydrogen-bond donors (Lipinski definition) is 0. The van der Waals surface area contributed by atoms with E-state index in [-0.39, 0.29) is 22.8 Å². The number of carbonyl (C=O) groups is 1. The van der Waals surface area contributed by atoms with E-state index < -0.39 is 10.0 Å². The molecule has 2 aromatic rings. The fourth-order valence-corrected chi connectivity index (χ4v) is 6.95. The number of benzene rings is 1. The number of hydrogen-bond acceptors (Lipinski definition) is 7. The van der Waals surface area contributed by atoms with Crippen LogP contribution in [-0.4, -0.2) is 61.5 Å². The fourth-order valence-electron chi connectivity index (χ4n) is 5.19. The van der Waals surface area contributed by atoms with Crippen LogP contribution in [0.25, 0.3) is 0 Å². The first-order chi connectivity index (χ1) is 15.9. The first-order valence-electron chi connectivity index (χ1n) is 11.5. The van der Waals surface area contributed by atoms with E-state index in [1.54, 1.807) is 13.8 Å². The highest BCUT2D eigenvalue weighted by Gasteiger charge is 2.39. The average molecular weight is 476 g/mol. The number of sulfonamides is 1. The number of nitrogens with zero attached hydrogens (tertiary/aromatic N) is 3. The zero-order valence-corrected chi connectivity index (χ0v) is 19.8. The normalized spacial score (nSPS) is 22.0. The van der Waals surface area contributed by atoms with Crippen LogP contribution in [0.5, 0.6) is 11.5 Å². The first kappa shape index (κ1) is 22.2. The minimum atomic E-state index is -3.68. The standard InChI is InChI=1S/C23H29N3O6S/c1-15-22(16(2)32-24-15)33(28,29)25-10-7-17(8-11-25)23(27)26-9-3-4-19(26)18-5-6-20-21(14-18)31-13-12-30-20/h5-6,14,17,19H,3-4,7-13H2,1-2H3/t19-/m1/s1. The van der Waals surface area contributed by atoms with Gasteiger partial charge in [-0.2, -0.15) is 4.31 Å². The lowest BCUT2D eigenvalue weighted by molar-refractivity contribution is -0.137. The molecular formula is C23H29N3O6S. The van der Waals surface area contributed by atoms with Gasteiger partial charge >= 0.3 is 0 Å². The molecular weight excluding hydrogens is 446 g/mol. The zero-order chi connectivity index (χ0) is 23.2. The Morgan fingerprint density at radius 2 is 1.76 bits per heavy atom. The lowest BCUT2D eigenvalue weighted by Gasteiger charge is -2.34. The summed E-state index contributed by atoms with van der Waals surface area (Å²) < 4.78 is 44.0. The molecule has 4 heterocycles. The second kappa shape index (κ2) is 8.64. The molecule has 2 saturated heterocycles.